The third-order valence-electron chi connectivity index (χ3n) is 3.80. The van der Waals surface area contributed by atoms with E-state index in [1.54, 1.807) is 6.07 Å². The summed E-state index contributed by atoms with van der Waals surface area (Å²) in [6.45, 7) is 6.08. The molecule has 1 aliphatic rings. The predicted octanol–water partition coefficient (Wildman–Crippen LogP) is 2.48. The minimum Gasteiger partial charge on any atom is -0.355 e. The largest absolute Gasteiger partial charge is 0.355 e. The summed E-state index contributed by atoms with van der Waals surface area (Å²) >= 11 is 6.09. The van der Waals surface area contributed by atoms with Crippen molar-refractivity contribution < 1.29 is 9.18 Å². The van der Waals surface area contributed by atoms with Gasteiger partial charge in [-0.15, -0.1) is 0 Å². The summed E-state index contributed by atoms with van der Waals surface area (Å²) in [5.74, 6) is -0.230. The minimum absolute atomic E-state index is 0.0505. The molecule has 1 aromatic rings. The number of benzene rings is 1. The van der Waals surface area contributed by atoms with Crippen molar-refractivity contribution >= 4 is 17.5 Å². The van der Waals surface area contributed by atoms with Crippen LogP contribution in [0, 0.1) is 11.7 Å². The Balaban J connectivity index is 2.01. The standard InChI is InChI=1S/C15H20ClFN2O/c1-15(2,12-4-3-11(17)7-13(12)16)9-19-14(20)10-5-6-18-8-10/h3-4,7,10,18H,5-6,8-9H2,1-2H3,(H,19,20). The monoisotopic (exact) mass is 298 g/mol. The summed E-state index contributed by atoms with van der Waals surface area (Å²) in [4.78, 5) is 12.0. The fraction of sp³-hybridized carbons (Fsp3) is 0.533. The Bertz CT molecular complexity index is 499. The molecule has 0 bridgehead atoms. The van der Waals surface area contributed by atoms with E-state index >= 15 is 0 Å². The van der Waals surface area contributed by atoms with E-state index in [1.807, 2.05) is 13.8 Å². The lowest BCUT2D eigenvalue weighted by Crippen LogP contribution is -2.40. The number of nitrogens with one attached hydrogen (secondary N) is 2. The number of carbonyl (C=O) groups excluding carboxylic acids is 1. The number of halogens is 2. The summed E-state index contributed by atoms with van der Waals surface area (Å²) in [5.41, 5.74) is 0.498. The van der Waals surface area contributed by atoms with Gasteiger partial charge in [0.15, 0.2) is 0 Å². The van der Waals surface area contributed by atoms with E-state index < -0.39 is 0 Å². The molecule has 2 N–H and O–H groups in total. The van der Waals surface area contributed by atoms with E-state index in [0.29, 0.717) is 11.6 Å². The third kappa shape index (κ3) is 3.49. The van der Waals surface area contributed by atoms with Gasteiger partial charge in [0.1, 0.15) is 5.82 Å². The highest BCUT2D eigenvalue weighted by Crippen LogP contribution is 2.30. The topological polar surface area (TPSA) is 41.1 Å². The van der Waals surface area contributed by atoms with Gasteiger partial charge >= 0.3 is 0 Å². The quantitative estimate of drug-likeness (QED) is 0.897. The highest BCUT2D eigenvalue weighted by atomic mass is 35.5. The second kappa shape index (κ2) is 6.10. The maximum absolute atomic E-state index is 13.1. The molecule has 1 aromatic carbocycles. The second-order valence-electron chi connectivity index (χ2n) is 5.92. The van der Waals surface area contributed by atoms with Crippen molar-refractivity contribution in [1.29, 1.82) is 0 Å². The molecule has 5 heteroatoms. The van der Waals surface area contributed by atoms with E-state index in [0.717, 1.165) is 25.1 Å². The first-order valence-corrected chi connectivity index (χ1v) is 7.22. The van der Waals surface area contributed by atoms with Crippen LogP contribution in [0.4, 0.5) is 4.39 Å². The average molecular weight is 299 g/mol. The Labute approximate surface area is 123 Å². The molecule has 0 aliphatic carbocycles. The summed E-state index contributed by atoms with van der Waals surface area (Å²) in [7, 11) is 0. The van der Waals surface area contributed by atoms with Crippen LogP contribution in [-0.2, 0) is 10.2 Å². The van der Waals surface area contributed by atoms with Crippen molar-refractivity contribution in [2.45, 2.75) is 25.7 Å². The fourth-order valence-corrected chi connectivity index (χ4v) is 2.89. The lowest BCUT2D eigenvalue weighted by atomic mass is 9.84. The molecule has 0 aromatic heterocycles. The van der Waals surface area contributed by atoms with E-state index in [4.69, 9.17) is 11.6 Å². The van der Waals surface area contributed by atoms with Crippen LogP contribution in [0.25, 0.3) is 0 Å². The van der Waals surface area contributed by atoms with Crippen LogP contribution in [0.15, 0.2) is 18.2 Å². The lowest BCUT2D eigenvalue weighted by molar-refractivity contribution is -0.124. The molecular formula is C15H20ClFN2O. The Morgan fingerprint density at radius 3 is 2.90 bits per heavy atom. The zero-order valence-corrected chi connectivity index (χ0v) is 12.6. The molecule has 1 unspecified atom stereocenters. The van der Waals surface area contributed by atoms with Crippen LogP contribution in [0.3, 0.4) is 0 Å². The van der Waals surface area contributed by atoms with Gasteiger partial charge in [-0.1, -0.05) is 31.5 Å². The third-order valence-corrected chi connectivity index (χ3v) is 4.11. The Kier molecular flexibility index (Phi) is 4.66. The molecule has 3 nitrogen and oxygen atoms in total. The molecule has 1 fully saturated rings. The van der Waals surface area contributed by atoms with E-state index in [2.05, 4.69) is 10.6 Å². The summed E-state index contributed by atoms with van der Waals surface area (Å²) < 4.78 is 13.1. The minimum atomic E-state index is -0.351. The summed E-state index contributed by atoms with van der Waals surface area (Å²) in [6.07, 6.45) is 0.879. The van der Waals surface area contributed by atoms with Crippen molar-refractivity contribution in [3.05, 3.63) is 34.6 Å². The van der Waals surface area contributed by atoms with E-state index in [1.165, 1.54) is 12.1 Å². The highest BCUT2D eigenvalue weighted by Gasteiger charge is 2.27. The van der Waals surface area contributed by atoms with Crippen LogP contribution in [-0.4, -0.2) is 25.5 Å². The van der Waals surface area contributed by atoms with Crippen LogP contribution in [0.5, 0.6) is 0 Å². The number of hydrogen-bond donors (Lipinski definition) is 2. The molecular weight excluding hydrogens is 279 g/mol. The smallest absolute Gasteiger partial charge is 0.224 e. The molecule has 2 rings (SSSR count). The molecule has 0 saturated carbocycles. The zero-order valence-electron chi connectivity index (χ0n) is 11.8. The molecule has 1 atom stereocenters. The van der Waals surface area contributed by atoms with Crippen molar-refractivity contribution in [2.75, 3.05) is 19.6 Å². The van der Waals surface area contributed by atoms with Gasteiger partial charge in [-0.2, -0.15) is 0 Å². The average Bonchev–Trinajstić information content (AvgIpc) is 2.89. The summed E-state index contributed by atoms with van der Waals surface area (Å²) in [6, 6.07) is 4.38. The molecule has 0 spiro atoms. The van der Waals surface area contributed by atoms with Gasteiger partial charge in [0.05, 0.1) is 5.92 Å². The van der Waals surface area contributed by atoms with Gasteiger partial charge in [-0.05, 0) is 30.7 Å². The van der Waals surface area contributed by atoms with Crippen LogP contribution in [0.2, 0.25) is 5.02 Å². The van der Waals surface area contributed by atoms with Crippen molar-refractivity contribution in [2.24, 2.45) is 5.92 Å². The Morgan fingerprint density at radius 1 is 1.55 bits per heavy atom. The lowest BCUT2D eigenvalue weighted by Gasteiger charge is -2.27. The zero-order chi connectivity index (χ0) is 14.8. The number of hydrogen-bond acceptors (Lipinski definition) is 2. The maximum atomic E-state index is 13.1. The number of amides is 1. The highest BCUT2D eigenvalue weighted by molar-refractivity contribution is 6.31. The van der Waals surface area contributed by atoms with Gasteiger partial charge in [-0.25, -0.2) is 4.39 Å². The van der Waals surface area contributed by atoms with Crippen molar-refractivity contribution in [1.82, 2.24) is 10.6 Å². The second-order valence-corrected chi connectivity index (χ2v) is 6.32. The first kappa shape index (κ1) is 15.3. The molecule has 110 valence electrons. The molecule has 1 heterocycles. The molecule has 0 radical (unpaired) electrons. The molecule has 1 saturated heterocycles. The van der Waals surface area contributed by atoms with E-state index in [9.17, 15) is 9.18 Å². The van der Waals surface area contributed by atoms with Gasteiger partial charge in [0, 0.05) is 23.5 Å². The molecule has 1 amide bonds. The predicted molar refractivity (Wildman–Crippen MR) is 78.4 cm³/mol. The van der Waals surface area contributed by atoms with Crippen molar-refractivity contribution in [3.63, 3.8) is 0 Å². The molecule has 20 heavy (non-hydrogen) atoms. The van der Waals surface area contributed by atoms with Gasteiger partial charge in [0.25, 0.3) is 0 Å². The Hall–Kier alpha value is -1.13. The van der Waals surface area contributed by atoms with Crippen LogP contribution >= 0.6 is 11.6 Å². The maximum Gasteiger partial charge on any atom is 0.224 e. The van der Waals surface area contributed by atoms with Crippen LogP contribution < -0.4 is 10.6 Å². The van der Waals surface area contributed by atoms with Gasteiger partial charge in [-0.3, -0.25) is 4.79 Å². The van der Waals surface area contributed by atoms with Crippen molar-refractivity contribution in [3.8, 4) is 0 Å². The SMILES string of the molecule is CC(C)(CNC(=O)C1CCNC1)c1ccc(F)cc1Cl. The fourth-order valence-electron chi connectivity index (χ4n) is 2.46. The van der Waals surface area contributed by atoms with E-state index in [-0.39, 0.29) is 23.1 Å². The molecule has 1 aliphatic heterocycles. The van der Waals surface area contributed by atoms with Gasteiger partial charge in [0.2, 0.25) is 5.91 Å². The number of carbonyl (C=O) groups is 1. The summed E-state index contributed by atoms with van der Waals surface area (Å²) in [5, 5.41) is 6.54. The normalized spacial score (nSPS) is 19.1. The van der Waals surface area contributed by atoms with Gasteiger partial charge < -0.3 is 10.6 Å². The Morgan fingerprint density at radius 2 is 2.30 bits per heavy atom. The first-order chi connectivity index (χ1) is 9.40. The first-order valence-electron chi connectivity index (χ1n) is 6.84. The van der Waals surface area contributed by atoms with Crippen LogP contribution in [0.1, 0.15) is 25.8 Å². The number of rotatable bonds is 4.